The number of aryl methyl sites for hydroxylation is 1. The van der Waals surface area contributed by atoms with Crippen LogP contribution in [-0.2, 0) is 0 Å². The van der Waals surface area contributed by atoms with E-state index < -0.39 is 5.95 Å². The first-order valence-electron chi connectivity index (χ1n) is 2.80. The van der Waals surface area contributed by atoms with Gasteiger partial charge in [0.05, 0.1) is 16.4 Å². The average molecular weight is 195 g/mol. The fraction of sp³-hybridized carbons (Fsp3) is 0.167. The number of nitrogens with zero attached hydrogens (tertiary/aromatic N) is 1. The van der Waals surface area contributed by atoms with Gasteiger partial charge in [0.15, 0.2) is 0 Å². The van der Waals surface area contributed by atoms with Gasteiger partial charge in [0, 0.05) is 0 Å². The molecule has 11 heavy (non-hydrogen) atoms. The predicted octanol–water partition coefficient (Wildman–Crippen LogP) is 2.42. The Balaban J connectivity index is 3.46. The Hall–Kier alpha value is -0.540. The number of rotatable bonds is 0. The fourth-order valence-electron chi connectivity index (χ4n) is 0.648. The SMILES string of the molecule is Cc1nc(F)c(Cl)c(N)c1Cl. The molecular formula is C6H5Cl2FN2. The standard InChI is InChI=1S/C6H5Cl2FN2/c1-2-3(7)5(10)4(8)6(9)11-2/h1H3,(H2,10,11). The van der Waals surface area contributed by atoms with Crippen molar-refractivity contribution in [2.75, 3.05) is 5.73 Å². The van der Waals surface area contributed by atoms with Crippen molar-refractivity contribution < 1.29 is 4.39 Å². The number of hydrogen-bond acceptors (Lipinski definition) is 2. The number of halogens is 3. The summed E-state index contributed by atoms with van der Waals surface area (Å²) in [6, 6.07) is 0. The first-order valence-corrected chi connectivity index (χ1v) is 3.56. The summed E-state index contributed by atoms with van der Waals surface area (Å²) in [7, 11) is 0. The van der Waals surface area contributed by atoms with Crippen LogP contribution in [0.4, 0.5) is 10.1 Å². The Bertz CT molecular complexity index is 275. The Labute approximate surface area is 73.1 Å². The van der Waals surface area contributed by atoms with Crippen molar-refractivity contribution in [3.63, 3.8) is 0 Å². The lowest BCUT2D eigenvalue weighted by Crippen LogP contribution is -1.97. The predicted molar refractivity (Wildman–Crippen MR) is 43.4 cm³/mol. The van der Waals surface area contributed by atoms with E-state index in [9.17, 15) is 4.39 Å². The van der Waals surface area contributed by atoms with Gasteiger partial charge < -0.3 is 5.73 Å². The normalized spacial score (nSPS) is 10.2. The summed E-state index contributed by atoms with van der Waals surface area (Å²) >= 11 is 11.0. The summed E-state index contributed by atoms with van der Waals surface area (Å²) in [4.78, 5) is 3.42. The first kappa shape index (κ1) is 8.56. The number of aromatic nitrogens is 1. The second kappa shape index (κ2) is 2.83. The molecule has 0 unspecified atom stereocenters. The molecule has 0 atom stereocenters. The van der Waals surface area contributed by atoms with E-state index in [0.29, 0.717) is 5.69 Å². The van der Waals surface area contributed by atoms with Crippen molar-refractivity contribution in [2.45, 2.75) is 6.92 Å². The van der Waals surface area contributed by atoms with E-state index in [0.717, 1.165) is 0 Å². The molecule has 0 fully saturated rings. The van der Waals surface area contributed by atoms with Crippen molar-refractivity contribution in [2.24, 2.45) is 0 Å². The third-order valence-electron chi connectivity index (χ3n) is 1.24. The number of nitrogen functional groups attached to an aromatic ring is 1. The largest absolute Gasteiger partial charge is 0.396 e. The zero-order chi connectivity index (χ0) is 8.59. The maximum absolute atomic E-state index is 12.6. The van der Waals surface area contributed by atoms with Crippen LogP contribution in [0, 0.1) is 12.9 Å². The summed E-state index contributed by atoms with van der Waals surface area (Å²) in [5.74, 6) is -0.786. The molecule has 5 heteroatoms. The van der Waals surface area contributed by atoms with Gasteiger partial charge in [-0.25, -0.2) is 4.98 Å². The van der Waals surface area contributed by atoms with E-state index in [1.165, 1.54) is 0 Å². The van der Waals surface area contributed by atoms with Crippen molar-refractivity contribution in [3.8, 4) is 0 Å². The molecule has 1 aromatic heterocycles. The Morgan fingerprint density at radius 2 is 1.91 bits per heavy atom. The lowest BCUT2D eigenvalue weighted by molar-refractivity contribution is 0.581. The van der Waals surface area contributed by atoms with E-state index in [1.807, 2.05) is 0 Å². The lowest BCUT2D eigenvalue weighted by atomic mass is 10.3. The Morgan fingerprint density at radius 3 is 2.45 bits per heavy atom. The third kappa shape index (κ3) is 1.39. The average Bonchev–Trinajstić information content (AvgIpc) is 1.97. The Kier molecular flexibility index (Phi) is 2.20. The van der Waals surface area contributed by atoms with Gasteiger partial charge in [-0.15, -0.1) is 0 Å². The van der Waals surface area contributed by atoms with Gasteiger partial charge in [-0.1, -0.05) is 23.2 Å². The molecule has 0 saturated carbocycles. The fourth-order valence-corrected chi connectivity index (χ4v) is 0.970. The number of anilines is 1. The zero-order valence-electron chi connectivity index (χ0n) is 5.66. The summed E-state index contributed by atoms with van der Waals surface area (Å²) in [5, 5.41) is -0.0167. The van der Waals surface area contributed by atoms with Gasteiger partial charge in [0.1, 0.15) is 5.02 Å². The minimum Gasteiger partial charge on any atom is -0.396 e. The summed E-state index contributed by atoms with van der Waals surface area (Å²) < 4.78 is 12.6. The second-order valence-electron chi connectivity index (χ2n) is 2.03. The molecule has 60 valence electrons. The minimum atomic E-state index is -0.786. The van der Waals surface area contributed by atoms with Crippen LogP contribution in [0.15, 0.2) is 0 Å². The van der Waals surface area contributed by atoms with Crippen molar-refractivity contribution in [3.05, 3.63) is 21.7 Å². The Morgan fingerprint density at radius 1 is 1.36 bits per heavy atom. The minimum absolute atomic E-state index is 0.0401. The molecule has 1 heterocycles. The van der Waals surface area contributed by atoms with E-state index in [2.05, 4.69) is 4.98 Å². The van der Waals surface area contributed by atoms with Crippen molar-refractivity contribution in [1.82, 2.24) is 4.98 Å². The van der Waals surface area contributed by atoms with Crippen LogP contribution in [0.25, 0.3) is 0 Å². The third-order valence-corrected chi connectivity index (χ3v) is 2.07. The smallest absolute Gasteiger partial charge is 0.234 e. The monoisotopic (exact) mass is 194 g/mol. The van der Waals surface area contributed by atoms with Gasteiger partial charge in [0.2, 0.25) is 5.95 Å². The van der Waals surface area contributed by atoms with Crippen LogP contribution < -0.4 is 5.73 Å². The number of nitrogens with two attached hydrogens (primary N) is 1. The van der Waals surface area contributed by atoms with Crippen LogP contribution in [-0.4, -0.2) is 4.98 Å². The van der Waals surface area contributed by atoms with Gasteiger partial charge in [0.25, 0.3) is 0 Å². The highest BCUT2D eigenvalue weighted by Gasteiger charge is 2.11. The maximum Gasteiger partial charge on any atom is 0.234 e. The van der Waals surface area contributed by atoms with Gasteiger partial charge in [-0.05, 0) is 6.92 Å². The van der Waals surface area contributed by atoms with Crippen molar-refractivity contribution in [1.29, 1.82) is 0 Å². The topological polar surface area (TPSA) is 38.9 Å². The number of hydrogen-bond donors (Lipinski definition) is 1. The van der Waals surface area contributed by atoms with Gasteiger partial charge in [-0.3, -0.25) is 0 Å². The van der Waals surface area contributed by atoms with Crippen LogP contribution >= 0.6 is 23.2 Å². The molecule has 0 radical (unpaired) electrons. The van der Waals surface area contributed by atoms with Gasteiger partial charge in [-0.2, -0.15) is 4.39 Å². The highest BCUT2D eigenvalue weighted by atomic mass is 35.5. The number of pyridine rings is 1. The molecule has 0 aliphatic carbocycles. The first-order chi connectivity index (χ1) is 5.04. The summed E-state index contributed by atoms with van der Waals surface area (Å²) in [6.45, 7) is 1.55. The molecule has 1 rings (SSSR count). The maximum atomic E-state index is 12.6. The van der Waals surface area contributed by atoms with E-state index in [1.54, 1.807) is 6.92 Å². The molecule has 0 aliphatic heterocycles. The zero-order valence-corrected chi connectivity index (χ0v) is 7.17. The molecule has 0 aromatic carbocycles. The molecule has 1 aromatic rings. The summed E-state index contributed by atoms with van der Waals surface area (Å²) in [5.41, 5.74) is 5.72. The highest BCUT2D eigenvalue weighted by Crippen LogP contribution is 2.30. The molecule has 0 spiro atoms. The molecule has 2 N–H and O–H groups in total. The van der Waals surface area contributed by atoms with E-state index in [4.69, 9.17) is 28.9 Å². The molecule has 2 nitrogen and oxygen atoms in total. The summed E-state index contributed by atoms with van der Waals surface area (Å²) in [6.07, 6.45) is 0. The molecule has 0 saturated heterocycles. The molecular weight excluding hydrogens is 190 g/mol. The van der Waals surface area contributed by atoms with Gasteiger partial charge >= 0.3 is 0 Å². The molecule has 0 bridgehead atoms. The highest BCUT2D eigenvalue weighted by molar-refractivity contribution is 6.39. The second-order valence-corrected chi connectivity index (χ2v) is 2.79. The van der Waals surface area contributed by atoms with E-state index >= 15 is 0 Å². The molecule has 0 amide bonds. The van der Waals surface area contributed by atoms with Crippen LogP contribution in [0.1, 0.15) is 5.69 Å². The van der Waals surface area contributed by atoms with Crippen LogP contribution in [0.2, 0.25) is 10.0 Å². The lowest BCUT2D eigenvalue weighted by Gasteiger charge is -2.03. The molecule has 0 aliphatic rings. The van der Waals surface area contributed by atoms with Crippen LogP contribution in [0.5, 0.6) is 0 Å². The van der Waals surface area contributed by atoms with E-state index in [-0.39, 0.29) is 15.7 Å². The van der Waals surface area contributed by atoms with Crippen LogP contribution in [0.3, 0.4) is 0 Å². The van der Waals surface area contributed by atoms with Crippen molar-refractivity contribution >= 4 is 28.9 Å². The quantitative estimate of drug-likeness (QED) is 0.645.